The maximum atomic E-state index is 11.9. The molecule has 4 aromatic rings. The average molecular weight is 481 g/mol. The molecule has 7 rings (SSSR count). The van der Waals surface area contributed by atoms with Crippen molar-refractivity contribution in [3.63, 3.8) is 0 Å². The van der Waals surface area contributed by atoms with Crippen LogP contribution in [0.1, 0.15) is 36.2 Å². The highest BCUT2D eigenvalue weighted by atomic mass is 16.1. The second-order valence-electron chi connectivity index (χ2n) is 10.2. The van der Waals surface area contributed by atoms with Gasteiger partial charge in [0.05, 0.1) is 11.9 Å². The van der Waals surface area contributed by atoms with Gasteiger partial charge in [-0.2, -0.15) is 5.10 Å². The Balaban J connectivity index is 1.16. The molecule has 9 nitrogen and oxygen atoms in total. The fraction of sp³-hybridized carbons (Fsp3) is 0.333. The van der Waals surface area contributed by atoms with Crippen LogP contribution in [0.15, 0.2) is 55.0 Å². The van der Waals surface area contributed by atoms with E-state index in [1.54, 1.807) is 17.0 Å². The lowest BCUT2D eigenvalue weighted by molar-refractivity contribution is 0.0965. The molecule has 182 valence electrons. The molecule has 0 spiro atoms. The van der Waals surface area contributed by atoms with Gasteiger partial charge in [0.1, 0.15) is 6.33 Å². The molecule has 3 aliphatic rings. The van der Waals surface area contributed by atoms with Crippen LogP contribution in [-0.2, 0) is 6.54 Å². The number of carbonyl (C=O) groups is 1. The number of rotatable bonds is 5. The summed E-state index contributed by atoms with van der Waals surface area (Å²) in [6.45, 7) is 7.34. The third kappa shape index (κ3) is 3.34. The lowest BCUT2D eigenvalue weighted by Crippen LogP contribution is -2.48. The van der Waals surface area contributed by atoms with Crippen LogP contribution in [0.2, 0.25) is 0 Å². The van der Waals surface area contributed by atoms with E-state index in [1.165, 1.54) is 12.1 Å². The first-order valence-corrected chi connectivity index (χ1v) is 12.5. The Morgan fingerprint density at radius 3 is 2.83 bits per heavy atom. The Labute approximate surface area is 209 Å². The van der Waals surface area contributed by atoms with Gasteiger partial charge in [-0.05, 0) is 56.2 Å². The fourth-order valence-corrected chi connectivity index (χ4v) is 6.04. The van der Waals surface area contributed by atoms with Gasteiger partial charge in [0, 0.05) is 60.3 Å². The zero-order valence-corrected chi connectivity index (χ0v) is 20.3. The second kappa shape index (κ2) is 8.03. The molecule has 5 heterocycles. The molecule has 1 amide bonds. The number of nitrogens with zero attached hydrogens (tertiary/aromatic N) is 6. The van der Waals surface area contributed by atoms with Crippen molar-refractivity contribution >= 4 is 28.7 Å². The van der Waals surface area contributed by atoms with Gasteiger partial charge in [-0.1, -0.05) is 12.1 Å². The van der Waals surface area contributed by atoms with Gasteiger partial charge in [0.25, 0.3) is 5.91 Å². The fourth-order valence-electron chi connectivity index (χ4n) is 6.04. The van der Waals surface area contributed by atoms with Crippen LogP contribution < -0.4 is 15.5 Å². The number of hydrogen-bond donors (Lipinski definition) is 2. The second-order valence-corrected chi connectivity index (χ2v) is 10.2. The van der Waals surface area contributed by atoms with Crippen molar-refractivity contribution < 1.29 is 4.79 Å². The molecule has 2 fully saturated rings. The Hall–Kier alpha value is -3.98. The summed E-state index contributed by atoms with van der Waals surface area (Å²) in [6.07, 6.45) is 4.59. The molecule has 2 bridgehead atoms. The number of amides is 1. The molecule has 3 aliphatic heterocycles. The van der Waals surface area contributed by atoms with Crippen molar-refractivity contribution in [1.82, 2.24) is 29.8 Å². The first-order chi connectivity index (χ1) is 17.5. The number of nitrogens with one attached hydrogen (secondary N) is 2. The Bertz CT molecular complexity index is 1490. The lowest BCUT2D eigenvalue weighted by atomic mass is 10.0. The summed E-state index contributed by atoms with van der Waals surface area (Å²) in [5.41, 5.74) is 6.35. The van der Waals surface area contributed by atoms with Crippen molar-refractivity contribution in [2.24, 2.45) is 0 Å². The van der Waals surface area contributed by atoms with Crippen LogP contribution in [0.3, 0.4) is 0 Å². The summed E-state index contributed by atoms with van der Waals surface area (Å²) in [6, 6.07) is 16.2. The molecule has 9 heteroatoms. The molecule has 2 saturated heterocycles. The SMILES string of the molecule is CC(C)N1C[C@@H]2C[C@H]1CN2c1cccc(Nc2ncc(-c3ccc4c(c3)CNC4=O)n3ncnc23)c1. The standard InChI is InChI=1S/C27H28N8O/c1-16(2)33-13-22-10-21(33)14-34(22)20-5-3-4-19(9-20)32-25-26-30-15-31-35(26)24(12-28-25)17-6-7-23-18(8-17)11-29-27(23)36/h3-9,12,15-16,21-22H,10-11,13-14H2,1-2H3,(H,28,32)(H,29,36)/t21-,22-/m0/s1. The van der Waals surface area contributed by atoms with Crippen LogP contribution >= 0.6 is 0 Å². The van der Waals surface area contributed by atoms with Crippen molar-refractivity contribution in [2.75, 3.05) is 23.3 Å². The molecule has 2 N–H and O–H groups in total. The van der Waals surface area contributed by atoms with Gasteiger partial charge in [-0.3, -0.25) is 9.69 Å². The van der Waals surface area contributed by atoms with Crippen LogP contribution in [-0.4, -0.2) is 61.6 Å². The number of piperazine rings is 1. The van der Waals surface area contributed by atoms with Crippen molar-refractivity contribution in [2.45, 2.75) is 44.9 Å². The van der Waals surface area contributed by atoms with Crippen LogP contribution in [0.25, 0.3) is 16.9 Å². The smallest absolute Gasteiger partial charge is 0.251 e. The summed E-state index contributed by atoms with van der Waals surface area (Å²) >= 11 is 0. The lowest BCUT2D eigenvalue weighted by Gasteiger charge is -2.37. The molecule has 36 heavy (non-hydrogen) atoms. The highest BCUT2D eigenvalue weighted by Gasteiger charge is 2.44. The minimum atomic E-state index is -0.0265. The molecule has 2 atom stereocenters. The Morgan fingerprint density at radius 1 is 1.08 bits per heavy atom. The predicted molar refractivity (Wildman–Crippen MR) is 138 cm³/mol. The van der Waals surface area contributed by atoms with Gasteiger partial charge in [0.2, 0.25) is 0 Å². The van der Waals surface area contributed by atoms with Gasteiger partial charge in [0.15, 0.2) is 11.5 Å². The largest absolute Gasteiger partial charge is 0.366 e. The minimum Gasteiger partial charge on any atom is -0.366 e. The summed E-state index contributed by atoms with van der Waals surface area (Å²) in [5, 5.41) is 10.8. The molecule has 2 aromatic carbocycles. The Morgan fingerprint density at radius 2 is 2.00 bits per heavy atom. The van der Waals surface area contributed by atoms with Crippen LogP contribution in [0, 0.1) is 0 Å². The van der Waals surface area contributed by atoms with Crippen LogP contribution in [0.5, 0.6) is 0 Å². The monoisotopic (exact) mass is 480 g/mol. The van der Waals surface area contributed by atoms with E-state index >= 15 is 0 Å². The minimum absolute atomic E-state index is 0.0265. The summed E-state index contributed by atoms with van der Waals surface area (Å²) in [4.78, 5) is 26.3. The molecular formula is C27H28N8O. The van der Waals surface area contributed by atoms with Gasteiger partial charge in [-0.15, -0.1) is 0 Å². The number of hydrogen-bond acceptors (Lipinski definition) is 7. The number of carbonyl (C=O) groups excluding carboxylic acids is 1. The average Bonchev–Trinajstić information content (AvgIpc) is 3.68. The van der Waals surface area contributed by atoms with E-state index in [2.05, 4.69) is 68.6 Å². The zero-order chi connectivity index (χ0) is 24.4. The molecular weight excluding hydrogens is 452 g/mol. The van der Waals surface area contributed by atoms with Crippen molar-refractivity contribution in [3.8, 4) is 11.3 Å². The van der Waals surface area contributed by atoms with Crippen LogP contribution in [0.4, 0.5) is 17.2 Å². The molecule has 0 radical (unpaired) electrons. The summed E-state index contributed by atoms with van der Waals surface area (Å²) in [5.74, 6) is 0.627. The third-order valence-electron chi connectivity index (χ3n) is 7.78. The maximum Gasteiger partial charge on any atom is 0.251 e. The predicted octanol–water partition coefficient (Wildman–Crippen LogP) is 3.45. The molecule has 0 unspecified atom stereocenters. The summed E-state index contributed by atoms with van der Waals surface area (Å²) in [7, 11) is 0. The van der Waals surface area contributed by atoms with E-state index in [1.807, 2.05) is 18.2 Å². The number of benzene rings is 2. The van der Waals surface area contributed by atoms with Gasteiger partial charge in [-0.25, -0.2) is 14.5 Å². The van der Waals surface area contributed by atoms with E-state index in [0.717, 1.165) is 41.2 Å². The quantitative estimate of drug-likeness (QED) is 0.452. The first-order valence-electron chi connectivity index (χ1n) is 12.5. The normalized spacial score (nSPS) is 21.0. The number of fused-ring (bicyclic) bond motifs is 4. The highest BCUT2D eigenvalue weighted by molar-refractivity contribution is 5.98. The third-order valence-corrected chi connectivity index (χ3v) is 7.78. The zero-order valence-electron chi connectivity index (χ0n) is 20.3. The summed E-state index contributed by atoms with van der Waals surface area (Å²) < 4.78 is 1.80. The van der Waals surface area contributed by atoms with E-state index in [9.17, 15) is 4.79 Å². The highest BCUT2D eigenvalue weighted by Crippen LogP contribution is 2.37. The van der Waals surface area contributed by atoms with Crippen molar-refractivity contribution in [3.05, 3.63) is 66.1 Å². The maximum absolute atomic E-state index is 11.9. The van der Waals surface area contributed by atoms with E-state index in [4.69, 9.17) is 4.98 Å². The molecule has 2 aromatic heterocycles. The van der Waals surface area contributed by atoms with E-state index < -0.39 is 0 Å². The topological polar surface area (TPSA) is 90.7 Å². The van der Waals surface area contributed by atoms with Gasteiger partial charge >= 0.3 is 0 Å². The van der Waals surface area contributed by atoms with E-state index in [-0.39, 0.29) is 5.91 Å². The molecule has 0 aliphatic carbocycles. The van der Waals surface area contributed by atoms with Crippen molar-refractivity contribution in [1.29, 1.82) is 0 Å². The van der Waals surface area contributed by atoms with E-state index in [0.29, 0.717) is 36.1 Å². The number of likely N-dealkylation sites (tertiary alicyclic amines) is 1. The number of anilines is 3. The molecule has 0 saturated carbocycles. The Kier molecular flexibility index (Phi) is 4.75. The first kappa shape index (κ1) is 21.3. The number of aromatic nitrogens is 4. The van der Waals surface area contributed by atoms with Gasteiger partial charge < -0.3 is 15.5 Å².